The Morgan fingerprint density at radius 3 is 2.14 bits per heavy atom. The van der Waals surface area contributed by atoms with E-state index in [0.29, 0.717) is 19.4 Å². The molecule has 1 saturated heterocycles. The first-order valence-corrected chi connectivity index (χ1v) is 7.34. The monoisotopic (exact) mass is 298 g/mol. The van der Waals surface area contributed by atoms with Crippen LogP contribution >= 0.6 is 0 Å². The highest BCUT2D eigenvalue weighted by Crippen LogP contribution is 2.30. The molecule has 1 heterocycles. The molecule has 4 heteroatoms. The molecule has 1 unspecified atom stereocenters. The molecule has 2 aromatic carbocycles. The third kappa shape index (κ3) is 3.22. The number of carbonyl (C=O) groups excluding carboxylic acids is 1. The average Bonchev–Trinajstić information content (AvgIpc) is 2.80. The SMILES string of the molecule is O=C1OCC(Cc2cccc(O)c2)[C@@H]1Cc1cccc(O)c1. The van der Waals surface area contributed by atoms with Gasteiger partial charge in [0, 0.05) is 5.92 Å². The summed E-state index contributed by atoms with van der Waals surface area (Å²) in [5, 5.41) is 19.1. The fourth-order valence-electron chi connectivity index (χ4n) is 2.98. The van der Waals surface area contributed by atoms with E-state index in [1.165, 1.54) is 0 Å². The van der Waals surface area contributed by atoms with Crippen molar-refractivity contribution >= 4 is 5.97 Å². The summed E-state index contributed by atoms with van der Waals surface area (Å²) in [7, 11) is 0. The van der Waals surface area contributed by atoms with E-state index in [9.17, 15) is 15.0 Å². The maximum atomic E-state index is 12.0. The average molecular weight is 298 g/mol. The van der Waals surface area contributed by atoms with Crippen LogP contribution in [0, 0.1) is 11.8 Å². The minimum atomic E-state index is -0.218. The lowest BCUT2D eigenvalue weighted by Crippen LogP contribution is -2.20. The van der Waals surface area contributed by atoms with Gasteiger partial charge in [0.25, 0.3) is 0 Å². The van der Waals surface area contributed by atoms with E-state index in [4.69, 9.17) is 4.74 Å². The molecular formula is C18H18O4. The molecule has 1 fully saturated rings. The predicted octanol–water partition coefficient (Wildman–Crippen LogP) is 2.67. The first-order valence-electron chi connectivity index (χ1n) is 7.34. The normalized spacial score (nSPS) is 20.8. The number of phenols is 2. The van der Waals surface area contributed by atoms with Gasteiger partial charge in [-0.1, -0.05) is 24.3 Å². The number of hydrogen-bond acceptors (Lipinski definition) is 4. The Bertz CT molecular complexity index is 680. The van der Waals surface area contributed by atoms with Crippen LogP contribution in [0.4, 0.5) is 0 Å². The summed E-state index contributed by atoms with van der Waals surface area (Å²) in [6.07, 6.45) is 1.24. The van der Waals surface area contributed by atoms with Crippen LogP contribution in [0.1, 0.15) is 11.1 Å². The third-order valence-electron chi connectivity index (χ3n) is 4.09. The lowest BCUT2D eigenvalue weighted by molar-refractivity contribution is -0.141. The molecule has 114 valence electrons. The maximum absolute atomic E-state index is 12.0. The van der Waals surface area contributed by atoms with Crippen molar-refractivity contribution in [1.82, 2.24) is 0 Å². The molecule has 0 bridgehead atoms. The number of hydrogen-bond donors (Lipinski definition) is 2. The Kier molecular flexibility index (Phi) is 4.00. The molecule has 0 saturated carbocycles. The second kappa shape index (κ2) is 6.10. The number of carbonyl (C=O) groups is 1. The van der Waals surface area contributed by atoms with Gasteiger partial charge >= 0.3 is 5.97 Å². The fourth-order valence-corrected chi connectivity index (χ4v) is 2.98. The van der Waals surface area contributed by atoms with Crippen molar-refractivity contribution in [1.29, 1.82) is 0 Å². The zero-order valence-electron chi connectivity index (χ0n) is 12.1. The van der Waals surface area contributed by atoms with E-state index in [1.807, 2.05) is 12.1 Å². The molecule has 0 amide bonds. The van der Waals surface area contributed by atoms with Gasteiger partial charge in [0.1, 0.15) is 11.5 Å². The number of aromatic hydroxyl groups is 2. The lowest BCUT2D eigenvalue weighted by atomic mass is 9.85. The standard InChI is InChI=1S/C18H18O4/c19-15-5-1-3-12(8-15)7-14-11-22-18(21)17(14)10-13-4-2-6-16(20)9-13/h1-6,8-9,14,17,19-20H,7,10-11H2/t14?,17-/m0/s1. The molecule has 4 nitrogen and oxygen atoms in total. The van der Waals surface area contributed by atoms with Crippen molar-refractivity contribution in [3.05, 3.63) is 59.7 Å². The quantitative estimate of drug-likeness (QED) is 0.852. The van der Waals surface area contributed by atoms with Crippen LogP contribution in [-0.4, -0.2) is 22.8 Å². The van der Waals surface area contributed by atoms with Gasteiger partial charge in [0.15, 0.2) is 0 Å². The van der Waals surface area contributed by atoms with Crippen LogP contribution in [0.2, 0.25) is 0 Å². The molecule has 0 radical (unpaired) electrons. The molecule has 1 aliphatic heterocycles. The summed E-state index contributed by atoms with van der Waals surface area (Å²) in [5.41, 5.74) is 1.91. The Hall–Kier alpha value is -2.49. The summed E-state index contributed by atoms with van der Waals surface area (Å²) in [6.45, 7) is 0.401. The molecule has 1 aliphatic rings. The summed E-state index contributed by atoms with van der Waals surface area (Å²) in [5.74, 6) is 0.106. The van der Waals surface area contributed by atoms with Crippen LogP contribution in [0.15, 0.2) is 48.5 Å². The molecule has 0 spiro atoms. The van der Waals surface area contributed by atoms with Crippen LogP contribution in [0.5, 0.6) is 11.5 Å². The largest absolute Gasteiger partial charge is 0.508 e. The second-order valence-electron chi connectivity index (χ2n) is 5.74. The number of benzene rings is 2. The van der Waals surface area contributed by atoms with Crippen LogP contribution in [-0.2, 0) is 22.4 Å². The minimum absolute atomic E-state index is 0.0802. The number of esters is 1. The number of rotatable bonds is 4. The van der Waals surface area contributed by atoms with Gasteiger partial charge in [-0.3, -0.25) is 4.79 Å². The van der Waals surface area contributed by atoms with Gasteiger partial charge in [-0.15, -0.1) is 0 Å². The number of phenolic OH excluding ortho intramolecular Hbond substituents is 2. The Morgan fingerprint density at radius 1 is 0.955 bits per heavy atom. The lowest BCUT2D eigenvalue weighted by Gasteiger charge is -2.15. The summed E-state index contributed by atoms with van der Waals surface area (Å²) >= 11 is 0. The smallest absolute Gasteiger partial charge is 0.309 e. The van der Waals surface area contributed by atoms with Crippen LogP contribution < -0.4 is 0 Å². The zero-order valence-corrected chi connectivity index (χ0v) is 12.1. The predicted molar refractivity (Wildman–Crippen MR) is 81.6 cm³/mol. The van der Waals surface area contributed by atoms with Crippen molar-refractivity contribution < 1.29 is 19.7 Å². The Balaban J connectivity index is 1.74. The topological polar surface area (TPSA) is 66.8 Å². The highest BCUT2D eigenvalue weighted by Gasteiger charge is 2.36. The molecule has 22 heavy (non-hydrogen) atoms. The summed E-state index contributed by atoms with van der Waals surface area (Å²) in [4.78, 5) is 12.0. The van der Waals surface area contributed by atoms with E-state index in [-0.39, 0.29) is 29.3 Å². The second-order valence-corrected chi connectivity index (χ2v) is 5.74. The summed E-state index contributed by atoms with van der Waals surface area (Å²) < 4.78 is 5.22. The zero-order chi connectivity index (χ0) is 15.5. The number of cyclic esters (lactones) is 1. The molecule has 2 atom stereocenters. The van der Waals surface area contributed by atoms with Crippen LogP contribution in [0.25, 0.3) is 0 Å². The van der Waals surface area contributed by atoms with E-state index >= 15 is 0 Å². The molecular weight excluding hydrogens is 280 g/mol. The van der Waals surface area contributed by atoms with Gasteiger partial charge in [0.05, 0.1) is 12.5 Å². The van der Waals surface area contributed by atoms with Crippen molar-refractivity contribution in [3.63, 3.8) is 0 Å². The van der Waals surface area contributed by atoms with Gasteiger partial charge in [-0.25, -0.2) is 0 Å². The van der Waals surface area contributed by atoms with E-state index < -0.39 is 0 Å². The first-order chi connectivity index (χ1) is 10.6. The van der Waals surface area contributed by atoms with Gasteiger partial charge in [-0.2, -0.15) is 0 Å². The third-order valence-corrected chi connectivity index (χ3v) is 4.09. The fraction of sp³-hybridized carbons (Fsp3) is 0.278. The molecule has 2 N–H and O–H groups in total. The van der Waals surface area contributed by atoms with Gasteiger partial charge < -0.3 is 14.9 Å². The molecule has 3 rings (SSSR count). The molecule has 0 aliphatic carbocycles. The molecule has 0 aromatic heterocycles. The van der Waals surface area contributed by atoms with Crippen molar-refractivity contribution in [3.8, 4) is 11.5 Å². The Labute approximate surface area is 129 Å². The van der Waals surface area contributed by atoms with E-state index in [2.05, 4.69) is 0 Å². The highest BCUT2D eigenvalue weighted by molar-refractivity contribution is 5.75. The van der Waals surface area contributed by atoms with Crippen LogP contribution in [0.3, 0.4) is 0 Å². The van der Waals surface area contributed by atoms with Gasteiger partial charge in [0.2, 0.25) is 0 Å². The van der Waals surface area contributed by atoms with Crippen molar-refractivity contribution in [2.45, 2.75) is 12.8 Å². The van der Waals surface area contributed by atoms with E-state index in [1.54, 1.807) is 36.4 Å². The first kappa shape index (κ1) is 14.4. The van der Waals surface area contributed by atoms with E-state index in [0.717, 1.165) is 11.1 Å². The van der Waals surface area contributed by atoms with Gasteiger partial charge in [-0.05, 0) is 48.2 Å². The summed E-state index contributed by atoms with van der Waals surface area (Å²) in [6, 6.07) is 14.0. The maximum Gasteiger partial charge on any atom is 0.309 e. The minimum Gasteiger partial charge on any atom is -0.508 e. The molecule has 2 aromatic rings. The number of ether oxygens (including phenoxy) is 1. The highest BCUT2D eigenvalue weighted by atomic mass is 16.5. The Morgan fingerprint density at radius 2 is 1.55 bits per heavy atom. The van der Waals surface area contributed by atoms with Crippen molar-refractivity contribution in [2.24, 2.45) is 11.8 Å². The van der Waals surface area contributed by atoms with Crippen molar-refractivity contribution in [2.75, 3.05) is 6.61 Å².